The van der Waals surface area contributed by atoms with Gasteiger partial charge >= 0.3 is 0 Å². The third-order valence-corrected chi connectivity index (χ3v) is 3.05. The molecule has 0 atom stereocenters. The summed E-state index contributed by atoms with van der Waals surface area (Å²) < 4.78 is 11.6. The number of likely N-dealkylation sites (N-methyl/N-ethyl adjacent to an activating group) is 1. The molecule has 0 aliphatic rings. The highest BCUT2D eigenvalue weighted by molar-refractivity contribution is 5.82. The van der Waals surface area contributed by atoms with Crippen LogP contribution < -0.4 is 5.32 Å². The Morgan fingerprint density at radius 3 is 2.79 bits per heavy atom. The van der Waals surface area contributed by atoms with Gasteiger partial charge in [0, 0.05) is 24.0 Å². The molecule has 2 aromatic rings. The van der Waals surface area contributed by atoms with E-state index < -0.39 is 0 Å². The van der Waals surface area contributed by atoms with Crippen LogP contribution in [0.2, 0.25) is 0 Å². The van der Waals surface area contributed by atoms with E-state index in [4.69, 9.17) is 9.15 Å². The predicted molar refractivity (Wildman–Crippen MR) is 77.2 cm³/mol. The molecular formula is C15H22N2O2. The summed E-state index contributed by atoms with van der Waals surface area (Å²) in [6.07, 6.45) is 0. The standard InChI is InChI=1S/C15H22N2O2/c1-16-10-13-12-6-4-5-7-14(12)19-15(13)11-18-9-8-17(2)3/h4-7,16H,8-11H2,1-3H3. The zero-order valence-electron chi connectivity index (χ0n) is 11.9. The van der Waals surface area contributed by atoms with Gasteiger partial charge in [0.1, 0.15) is 18.0 Å². The van der Waals surface area contributed by atoms with Crippen LogP contribution in [-0.4, -0.2) is 39.2 Å². The molecule has 0 radical (unpaired) electrons. The fourth-order valence-corrected chi connectivity index (χ4v) is 2.05. The second-order valence-corrected chi connectivity index (χ2v) is 4.89. The van der Waals surface area contributed by atoms with Crippen LogP contribution in [0.25, 0.3) is 11.0 Å². The van der Waals surface area contributed by atoms with Crippen LogP contribution in [0.4, 0.5) is 0 Å². The number of ether oxygens (including phenoxy) is 1. The van der Waals surface area contributed by atoms with Crippen molar-refractivity contribution in [2.24, 2.45) is 0 Å². The van der Waals surface area contributed by atoms with E-state index in [9.17, 15) is 0 Å². The molecule has 0 aliphatic carbocycles. The minimum absolute atomic E-state index is 0.527. The van der Waals surface area contributed by atoms with E-state index in [0.29, 0.717) is 13.2 Å². The van der Waals surface area contributed by atoms with Crippen molar-refractivity contribution in [3.8, 4) is 0 Å². The predicted octanol–water partition coefficient (Wildman–Crippen LogP) is 2.23. The fraction of sp³-hybridized carbons (Fsp3) is 0.467. The highest BCUT2D eigenvalue weighted by Gasteiger charge is 2.12. The van der Waals surface area contributed by atoms with Gasteiger partial charge in [0.05, 0.1) is 6.61 Å². The number of para-hydroxylation sites is 1. The topological polar surface area (TPSA) is 37.6 Å². The molecule has 2 rings (SSSR count). The Morgan fingerprint density at radius 1 is 1.26 bits per heavy atom. The molecule has 1 aromatic carbocycles. The third-order valence-electron chi connectivity index (χ3n) is 3.05. The number of fused-ring (bicyclic) bond motifs is 1. The zero-order valence-corrected chi connectivity index (χ0v) is 11.9. The first-order chi connectivity index (χ1) is 9.22. The Labute approximate surface area is 114 Å². The monoisotopic (exact) mass is 262 g/mol. The molecular weight excluding hydrogens is 240 g/mol. The Hall–Kier alpha value is -1.36. The van der Waals surface area contributed by atoms with Crippen LogP contribution in [0.5, 0.6) is 0 Å². The Bertz CT molecular complexity index is 520. The number of hydrogen-bond acceptors (Lipinski definition) is 4. The second kappa shape index (κ2) is 6.70. The molecule has 0 aliphatic heterocycles. The lowest BCUT2D eigenvalue weighted by Gasteiger charge is -2.09. The maximum atomic E-state index is 5.88. The lowest BCUT2D eigenvalue weighted by Crippen LogP contribution is -2.18. The Balaban J connectivity index is 2.10. The molecule has 0 unspecified atom stereocenters. The first kappa shape index (κ1) is 14.1. The average molecular weight is 262 g/mol. The van der Waals surface area contributed by atoms with Crippen LogP contribution in [-0.2, 0) is 17.9 Å². The molecule has 0 saturated heterocycles. The van der Waals surface area contributed by atoms with E-state index in [0.717, 1.165) is 24.4 Å². The first-order valence-electron chi connectivity index (χ1n) is 6.58. The van der Waals surface area contributed by atoms with Crippen LogP contribution >= 0.6 is 0 Å². The van der Waals surface area contributed by atoms with Crippen molar-refractivity contribution in [3.63, 3.8) is 0 Å². The van der Waals surface area contributed by atoms with E-state index in [1.54, 1.807) is 0 Å². The summed E-state index contributed by atoms with van der Waals surface area (Å²) in [6.45, 7) is 2.95. The van der Waals surface area contributed by atoms with Crippen LogP contribution in [0.15, 0.2) is 28.7 Å². The van der Waals surface area contributed by atoms with Crippen molar-refractivity contribution in [3.05, 3.63) is 35.6 Å². The normalized spacial score (nSPS) is 11.6. The van der Waals surface area contributed by atoms with Gasteiger partial charge in [-0.05, 0) is 27.2 Å². The number of nitrogens with zero attached hydrogens (tertiary/aromatic N) is 1. The number of benzene rings is 1. The summed E-state index contributed by atoms with van der Waals surface area (Å²) in [5.74, 6) is 0.925. The van der Waals surface area contributed by atoms with Gasteiger partial charge in [0.25, 0.3) is 0 Å². The molecule has 0 amide bonds. The summed E-state index contributed by atoms with van der Waals surface area (Å²) in [7, 11) is 6.02. The molecule has 19 heavy (non-hydrogen) atoms. The summed E-state index contributed by atoms with van der Waals surface area (Å²) in [6, 6.07) is 8.12. The molecule has 1 N–H and O–H groups in total. The second-order valence-electron chi connectivity index (χ2n) is 4.89. The van der Waals surface area contributed by atoms with Gasteiger partial charge in [0.15, 0.2) is 0 Å². The smallest absolute Gasteiger partial charge is 0.135 e. The lowest BCUT2D eigenvalue weighted by atomic mass is 10.1. The first-order valence-corrected chi connectivity index (χ1v) is 6.58. The summed E-state index contributed by atoms with van der Waals surface area (Å²) in [5, 5.41) is 4.36. The van der Waals surface area contributed by atoms with Crippen molar-refractivity contribution in [1.82, 2.24) is 10.2 Å². The van der Waals surface area contributed by atoms with Gasteiger partial charge in [-0.2, -0.15) is 0 Å². The van der Waals surface area contributed by atoms with Crippen molar-refractivity contribution in [1.29, 1.82) is 0 Å². The number of hydrogen-bond donors (Lipinski definition) is 1. The number of furan rings is 1. The third kappa shape index (κ3) is 3.56. The maximum absolute atomic E-state index is 5.88. The highest BCUT2D eigenvalue weighted by Crippen LogP contribution is 2.26. The largest absolute Gasteiger partial charge is 0.458 e. The van der Waals surface area contributed by atoms with Gasteiger partial charge < -0.3 is 19.4 Å². The van der Waals surface area contributed by atoms with Crippen molar-refractivity contribution < 1.29 is 9.15 Å². The maximum Gasteiger partial charge on any atom is 0.135 e. The zero-order chi connectivity index (χ0) is 13.7. The molecule has 0 saturated carbocycles. The average Bonchev–Trinajstić information content (AvgIpc) is 2.74. The number of rotatable bonds is 7. The molecule has 0 fully saturated rings. The Kier molecular flexibility index (Phi) is 4.96. The van der Waals surface area contributed by atoms with E-state index in [1.165, 1.54) is 10.9 Å². The SMILES string of the molecule is CNCc1c(COCCN(C)C)oc2ccccc12. The Morgan fingerprint density at radius 2 is 2.05 bits per heavy atom. The van der Waals surface area contributed by atoms with E-state index in [1.807, 2.05) is 39.3 Å². The van der Waals surface area contributed by atoms with Crippen LogP contribution in [0.3, 0.4) is 0 Å². The molecule has 4 nitrogen and oxygen atoms in total. The van der Waals surface area contributed by atoms with E-state index >= 15 is 0 Å². The molecule has 4 heteroatoms. The van der Waals surface area contributed by atoms with Gasteiger partial charge in [0.2, 0.25) is 0 Å². The van der Waals surface area contributed by atoms with Crippen LogP contribution in [0, 0.1) is 0 Å². The van der Waals surface area contributed by atoms with Crippen molar-refractivity contribution >= 4 is 11.0 Å². The summed E-state index contributed by atoms with van der Waals surface area (Å²) in [4.78, 5) is 2.10. The molecule has 1 aromatic heterocycles. The summed E-state index contributed by atoms with van der Waals surface area (Å²) in [5.41, 5.74) is 2.13. The minimum Gasteiger partial charge on any atom is -0.458 e. The van der Waals surface area contributed by atoms with Gasteiger partial charge in [-0.1, -0.05) is 18.2 Å². The molecule has 1 heterocycles. The molecule has 0 bridgehead atoms. The fourth-order valence-electron chi connectivity index (χ4n) is 2.05. The van der Waals surface area contributed by atoms with Crippen molar-refractivity contribution in [2.75, 3.05) is 34.3 Å². The summed E-state index contributed by atoms with van der Waals surface area (Å²) >= 11 is 0. The van der Waals surface area contributed by atoms with E-state index in [2.05, 4.69) is 16.3 Å². The lowest BCUT2D eigenvalue weighted by molar-refractivity contribution is 0.0929. The van der Waals surface area contributed by atoms with Gasteiger partial charge in [-0.25, -0.2) is 0 Å². The number of nitrogens with one attached hydrogen (secondary N) is 1. The van der Waals surface area contributed by atoms with Gasteiger partial charge in [-0.3, -0.25) is 0 Å². The quantitative estimate of drug-likeness (QED) is 0.777. The van der Waals surface area contributed by atoms with E-state index in [-0.39, 0.29) is 0 Å². The highest BCUT2D eigenvalue weighted by atomic mass is 16.5. The minimum atomic E-state index is 0.527. The van der Waals surface area contributed by atoms with Crippen molar-refractivity contribution in [2.45, 2.75) is 13.2 Å². The molecule has 104 valence electrons. The van der Waals surface area contributed by atoms with Crippen LogP contribution in [0.1, 0.15) is 11.3 Å². The van der Waals surface area contributed by atoms with Gasteiger partial charge in [-0.15, -0.1) is 0 Å². The molecule has 0 spiro atoms.